The number of nitrogens with zero attached hydrogens (tertiary/aromatic N) is 5. The Kier molecular flexibility index (Phi) is 6.12. The van der Waals surface area contributed by atoms with Gasteiger partial charge >= 0.3 is 0 Å². The number of halogens is 1. The number of hydrogen-bond donors (Lipinski definition) is 0. The number of rotatable bonds is 7. The highest BCUT2D eigenvalue weighted by atomic mass is 19.1. The smallest absolute Gasteiger partial charge is 0.202 e. The molecule has 2 aliphatic carbocycles. The van der Waals surface area contributed by atoms with Crippen LogP contribution in [0.3, 0.4) is 0 Å². The Morgan fingerprint density at radius 2 is 1.98 bits per heavy atom. The van der Waals surface area contributed by atoms with E-state index < -0.39 is 5.67 Å². The lowest BCUT2D eigenvalue weighted by atomic mass is 9.88. The average Bonchev–Trinajstić information content (AvgIpc) is 3.86. The van der Waals surface area contributed by atoms with Crippen LogP contribution in [0.2, 0.25) is 0 Å². The minimum atomic E-state index is -1.80. The van der Waals surface area contributed by atoms with Crippen molar-refractivity contribution in [2.24, 2.45) is 13.0 Å². The zero-order valence-corrected chi connectivity index (χ0v) is 23.2. The van der Waals surface area contributed by atoms with Crippen LogP contribution in [0, 0.1) is 12.8 Å². The summed E-state index contributed by atoms with van der Waals surface area (Å²) in [4.78, 5) is 21.2. The second-order valence-electron chi connectivity index (χ2n) is 11.9. The van der Waals surface area contributed by atoms with Gasteiger partial charge in [0, 0.05) is 49.8 Å². The molecule has 0 amide bonds. The molecular weight excluding hydrogens is 509 g/mol. The summed E-state index contributed by atoms with van der Waals surface area (Å²) in [5.41, 5.74) is 2.70. The van der Waals surface area contributed by atoms with E-state index in [1.54, 1.807) is 17.7 Å². The highest BCUT2D eigenvalue weighted by molar-refractivity contribution is 5.84. The third-order valence-corrected chi connectivity index (χ3v) is 8.56. The van der Waals surface area contributed by atoms with Crippen LogP contribution in [0.5, 0.6) is 0 Å². The van der Waals surface area contributed by atoms with Crippen molar-refractivity contribution in [2.75, 3.05) is 19.7 Å². The van der Waals surface area contributed by atoms with Crippen LogP contribution in [0.4, 0.5) is 4.39 Å². The molecular formula is C31H34FN5O3. The van der Waals surface area contributed by atoms with E-state index in [0.29, 0.717) is 34.4 Å². The summed E-state index contributed by atoms with van der Waals surface area (Å²) in [5.74, 6) is 0.384. The molecule has 0 radical (unpaired) electrons. The van der Waals surface area contributed by atoms with Crippen molar-refractivity contribution < 1.29 is 13.5 Å². The molecule has 8 nitrogen and oxygen atoms in total. The lowest BCUT2D eigenvalue weighted by molar-refractivity contribution is -0.0212. The van der Waals surface area contributed by atoms with E-state index in [4.69, 9.17) is 14.1 Å². The highest BCUT2D eigenvalue weighted by Crippen LogP contribution is 2.53. The highest BCUT2D eigenvalue weighted by Gasteiger charge is 2.52. The molecule has 0 unspecified atom stereocenters. The van der Waals surface area contributed by atoms with Gasteiger partial charge in [-0.2, -0.15) is 0 Å². The number of aryl methyl sites for hydroxylation is 2. The summed E-state index contributed by atoms with van der Waals surface area (Å²) in [6, 6.07) is 7.63. The van der Waals surface area contributed by atoms with Gasteiger partial charge in [0.05, 0.1) is 29.4 Å². The first-order chi connectivity index (χ1) is 19.3. The fraction of sp³-hybridized carbons (Fsp3) is 0.484. The minimum Gasteiger partial charge on any atom is -0.463 e. The van der Waals surface area contributed by atoms with Gasteiger partial charge in [0.2, 0.25) is 5.43 Å². The van der Waals surface area contributed by atoms with Gasteiger partial charge in [-0.05, 0) is 68.9 Å². The molecule has 4 heterocycles. The molecule has 2 atom stereocenters. The third-order valence-electron chi connectivity index (χ3n) is 8.56. The molecule has 0 N–H and O–H groups in total. The van der Waals surface area contributed by atoms with Crippen LogP contribution in [0.1, 0.15) is 66.7 Å². The SMILES string of the molecule is Cc1cc(CN2CCO[C@H](C)C2)cc2c(=O)c(-c3cc([C@](F)(c4nncn4C)C4CC4)cc(C4CC4)n3)coc12. The Balaban J connectivity index is 1.34. The van der Waals surface area contributed by atoms with Crippen molar-refractivity contribution >= 4 is 11.0 Å². The van der Waals surface area contributed by atoms with Crippen molar-refractivity contribution in [1.82, 2.24) is 24.6 Å². The number of benzene rings is 1. The molecule has 3 fully saturated rings. The fourth-order valence-electron chi connectivity index (χ4n) is 6.18. The Morgan fingerprint density at radius 1 is 1.15 bits per heavy atom. The molecule has 2 saturated carbocycles. The van der Waals surface area contributed by atoms with E-state index in [9.17, 15) is 4.79 Å². The van der Waals surface area contributed by atoms with Crippen molar-refractivity contribution in [3.05, 3.63) is 75.3 Å². The van der Waals surface area contributed by atoms with E-state index in [-0.39, 0.29) is 29.2 Å². The van der Waals surface area contributed by atoms with E-state index in [1.807, 2.05) is 19.1 Å². The zero-order valence-electron chi connectivity index (χ0n) is 23.2. The summed E-state index contributed by atoms with van der Waals surface area (Å²) < 4.78 is 30.5. The summed E-state index contributed by atoms with van der Waals surface area (Å²) >= 11 is 0. The first-order valence-corrected chi connectivity index (χ1v) is 14.3. The second kappa shape index (κ2) is 9.59. The number of hydrogen-bond acceptors (Lipinski definition) is 7. The predicted octanol–water partition coefficient (Wildman–Crippen LogP) is 5.01. The van der Waals surface area contributed by atoms with Gasteiger partial charge in [-0.15, -0.1) is 10.2 Å². The molecule has 3 aromatic heterocycles. The molecule has 9 heteroatoms. The molecule has 3 aliphatic rings. The normalized spacial score (nSPS) is 21.6. The Morgan fingerprint density at radius 3 is 2.67 bits per heavy atom. The van der Waals surface area contributed by atoms with E-state index in [2.05, 4.69) is 28.1 Å². The number of morpholine rings is 1. The molecule has 7 rings (SSSR count). The largest absolute Gasteiger partial charge is 0.463 e. The Labute approximate surface area is 232 Å². The van der Waals surface area contributed by atoms with Crippen molar-refractivity contribution in [3.63, 3.8) is 0 Å². The third kappa shape index (κ3) is 4.45. The Hall–Kier alpha value is -3.43. The van der Waals surface area contributed by atoms with Crippen LogP contribution >= 0.6 is 0 Å². The quantitative estimate of drug-likeness (QED) is 0.324. The summed E-state index contributed by atoms with van der Waals surface area (Å²) in [6.07, 6.45) is 6.79. The minimum absolute atomic E-state index is 0.150. The van der Waals surface area contributed by atoms with E-state index in [0.717, 1.165) is 62.1 Å². The lowest BCUT2D eigenvalue weighted by Gasteiger charge is -2.31. The molecule has 1 aromatic carbocycles. The first-order valence-electron chi connectivity index (χ1n) is 14.3. The van der Waals surface area contributed by atoms with Gasteiger partial charge < -0.3 is 13.7 Å². The summed E-state index contributed by atoms with van der Waals surface area (Å²) in [6.45, 7) is 7.19. The average molecular weight is 544 g/mol. The zero-order chi connectivity index (χ0) is 27.6. The second-order valence-corrected chi connectivity index (χ2v) is 11.9. The van der Waals surface area contributed by atoms with Gasteiger partial charge in [0.15, 0.2) is 11.5 Å². The lowest BCUT2D eigenvalue weighted by Crippen LogP contribution is -2.40. The van der Waals surface area contributed by atoms with Crippen molar-refractivity contribution in [3.8, 4) is 11.3 Å². The molecule has 0 bridgehead atoms. The molecule has 1 saturated heterocycles. The van der Waals surface area contributed by atoms with Crippen LogP contribution < -0.4 is 5.43 Å². The Bertz CT molecular complexity index is 1660. The molecule has 0 spiro atoms. The number of pyridine rings is 1. The van der Waals surface area contributed by atoms with Gasteiger partial charge in [-0.3, -0.25) is 14.7 Å². The molecule has 40 heavy (non-hydrogen) atoms. The van der Waals surface area contributed by atoms with E-state index in [1.165, 1.54) is 12.6 Å². The first kappa shape index (κ1) is 25.5. The van der Waals surface area contributed by atoms with Crippen molar-refractivity contribution in [1.29, 1.82) is 0 Å². The van der Waals surface area contributed by atoms with Gasteiger partial charge in [0.1, 0.15) is 18.2 Å². The number of fused-ring (bicyclic) bond motifs is 1. The standard InChI is InChI=1S/C31H34FN5O3/c1-18-10-20(15-37-8-9-39-19(2)14-37)11-24-28(38)25(16-40-29(18)24)27-13-23(12-26(34-27)21-4-5-21)31(32,22-6-7-22)30-35-33-17-36(30)3/h10-13,16-17,19,21-22H,4-9,14-15H2,1-3H3/t19-,31+/m1/s1. The maximum absolute atomic E-state index is 17.1. The number of ether oxygens (including phenoxy) is 1. The molecule has 4 aromatic rings. The van der Waals surface area contributed by atoms with E-state index >= 15 is 4.39 Å². The predicted molar refractivity (Wildman–Crippen MR) is 149 cm³/mol. The number of alkyl halides is 1. The van der Waals surface area contributed by atoms with Crippen LogP contribution in [-0.4, -0.2) is 50.4 Å². The fourth-order valence-corrected chi connectivity index (χ4v) is 6.18. The maximum atomic E-state index is 17.1. The topological polar surface area (TPSA) is 86.3 Å². The maximum Gasteiger partial charge on any atom is 0.202 e. The summed E-state index contributed by atoms with van der Waals surface area (Å²) in [5, 5.41) is 8.66. The van der Waals surface area contributed by atoms with Crippen LogP contribution in [-0.2, 0) is 24.0 Å². The van der Waals surface area contributed by atoms with Crippen LogP contribution in [0.15, 0.2) is 46.1 Å². The van der Waals surface area contributed by atoms with Gasteiger partial charge in [-0.1, -0.05) is 6.07 Å². The molecule has 1 aliphatic heterocycles. The molecule has 208 valence electrons. The van der Waals surface area contributed by atoms with Crippen molar-refractivity contribution in [2.45, 2.75) is 63.8 Å². The monoisotopic (exact) mass is 543 g/mol. The van der Waals surface area contributed by atoms with Gasteiger partial charge in [-0.25, -0.2) is 4.39 Å². The van der Waals surface area contributed by atoms with Gasteiger partial charge in [0.25, 0.3) is 0 Å². The van der Waals surface area contributed by atoms with Crippen LogP contribution in [0.25, 0.3) is 22.2 Å². The number of aromatic nitrogens is 4. The summed E-state index contributed by atoms with van der Waals surface area (Å²) in [7, 11) is 1.77.